The first-order chi connectivity index (χ1) is 22.8. The number of hydrogen-bond donors (Lipinski definition) is 0. The zero-order valence-corrected chi connectivity index (χ0v) is 25.4. The molecule has 4 heteroatoms. The minimum absolute atomic E-state index is 0.895. The van der Waals surface area contributed by atoms with Crippen LogP contribution < -0.4 is 0 Å². The van der Waals surface area contributed by atoms with Gasteiger partial charge >= 0.3 is 0 Å². The predicted octanol–water partition coefficient (Wildman–Crippen LogP) is 12.1. The number of furan rings is 1. The maximum Gasteiger partial charge on any atom is 0.137 e. The van der Waals surface area contributed by atoms with Crippen molar-refractivity contribution in [2.24, 2.45) is 0 Å². The molecule has 11 rings (SSSR count). The van der Waals surface area contributed by atoms with Gasteiger partial charge in [-0.3, -0.25) is 0 Å². The average Bonchev–Trinajstić information content (AvgIpc) is 3.85. The van der Waals surface area contributed by atoms with Gasteiger partial charge in [-0.05, 0) is 48.5 Å². The van der Waals surface area contributed by atoms with E-state index in [-0.39, 0.29) is 0 Å². The fourth-order valence-electron chi connectivity index (χ4n) is 7.89. The summed E-state index contributed by atoms with van der Waals surface area (Å²) in [6.45, 7) is 0. The Morgan fingerprint density at radius 2 is 0.891 bits per heavy atom. The van der Waals surface area contributed by atoms with Gasteiger partial charge in [0.2, 0.25) is 0 Å². The lowest BCUT2D eigenvalue weighted by molar-refractivity contribution is 0.669. The highest BCUT2D eigenvalue weighted by molar-refractivity contribution is 7.25. The van der Waals surface area contributed by atoms with Gasteiger partial charge in [-0.1, -0.05) is 97.1 Å². The molecule has 0 amide bonds. The van der Waals surface area contributed by atoms with Crippen LogP contribution in [0.1, 0.15) is 0 Å². The van der Waals surface area contributed by atoms with Crippen molar-refractivity contribution in [2.45, 2.75) is 0 Å². The molecule has 0 aliphatic carbocycles. The number of rotatable bonds is 2. The first kappa shape index (κ1) is 24.5. The Kier molecular flexibility index (Phi) is 4.72. The van der Waals surface area contributed by atoms with Gasteiger partial charge in [0.05, 0.1) is 38.8 Å². The standard InChI is InChI=1S/C42H24N2OS/c1-5-15-31-25(11-1)27-23-24-28-26-12-2-6-16-32(26)44(34-18-10-22-38-40(34)30-14-4-8-21-37(30)46-38)42(28)41(27)43(31)33-17-9-20-36-39(33)29-13-3-7-19-35(29)45-36/h1-24H. The van der Waals surface area contributed by atoms with Gasteiger partial charge in [0.1, 0.15) is 11.2 Å². The van der Waals surface area contributed by atoms with Gasteiger partial charge in [0, 0.05) is 47.1 Å². The Balaban J connectivity index is 1.41. The molecular formula is C42H24N2OS. The summed E-state index contributed by atoms with van der Waals surface area (Å²) in [7, 11) is 0. The van der Waals surface area contributed by atoms with Crippen molar-refractivity contribution < 1.29 is 4.42 Å². The van der Waals surface area contributed by atoms with Crippen LogP contribution >= 0.6 is 11.3 Å². The third-order valence-corrected chi connectivity index (χ3v) is 10.8. The Morgan fingerprint density at radius 3 is 1.61 bits per heavy atom. The van der Waals surface area contributed by atoms with E-state index in [1.807, 2.05) is 17.4 Å². The molecule has 0 saturated heterocycles. The molecule has 0 bridgehead atoms. The molecular weight excluding hydrogens is 581 g/mol. The molecule has 0 aliphatic rings. The summed E-state index contributed by atoms with van der Waals surface area (Å²) < 4.78 is 14.0. The van der Waals surface area contributed by atoms with Crippen molar-refractivity contribution in [1.82, 2.24) is 9.13 Å². The van der Waals surface area contributed by atoms with E-state index in [0.29, 0.717) is 0 Å². The molecule has 0 unspecified atom stereocenters. The topological polar surface area (TPSA) is 23.0 Å². The minimum atomic E-state index is 0.895. The second kappa shape index (κ2) is 8.87. The van der Waals surface area contributed by atoms with Crippen LogP contribution in [0, 0.1) is 0 Å². The molecule has 0 saturated carbocycles. The van der Waals surface area contributed by atoms with Crippen LogP contribution in [0.4, 0.5) is 0 Å². The van der Waals surface area contributed by atoms with E-state index < -0.39 is 0 Å². The van der Waals surface area contributed by atoms with E-state index in [1.54, 1.807) is 0 Å². The van der Waals surface area contributed by atoms with Gasteiger partial charge in [-0.25, -0.2) is 0 Å². The highest BCUT2D eigenvalue weighted by atomic mass is 32.1. The second-order valence-corrected chi connectivity index (χ2v) is 13.1. The molecule has 4 aromatic heterocycles. The van der Waals surface area contributed by atoms with Crippen molar-refractivity contribution in [2.75, 3.05) is 0 Å². The lowest BCUT2D eigenvalue weighted by Crippen LogP contribution is -1.99. The number of aromatic nitrogens is 2. The number of thiophene rings is 1. The second-order valence-electron chi connectivity index (χ2n) is 12.1. The van der Waals surface area contributed by atoms with E-state index in [9.17, 15) is 0 Å². The summed E-state index contributed by atoms with van der Waals surface area (Å²) in [5, 5.41) is 9.82. The molecule has 3 nitrogen and oxygen atoms in total. The fourth-order valence-corrected chi connectivity index (χ4v) is 9.01. The summed E-state index contributed by atoms with van der Waals surface area (Å²) >= 11 is 1.87. The molecule has 11 aromatic rings. The van der Waals surface area contributed by atoms with Crippen molar-refractivity contribution in [3.8, 4) is 11.4 Å². The summed E-state index contributed by atoms with van der Waals surface area (Å²) in [6, 6.07) is 52.7. The molecule has 7 aromatic carbocycles. The lowest BCUT2D eigenvalue weighted by atomic mass is 10.1. The summed E-state index contributed by atoms with van der Waals surface area (Å²) in [5.74, 6) is 0. The molecule has 0 fully saturated rings. The molecule has 0 spiro atoms. The molecule has 46 heavy (non-hydrogen) atoms. The van der Waals surface area contributed by atoms with Crippen LogP contribution in [0.5, 0.6) is 0 Å². The molecule has 0 aliphatic heterocycles. The third kappa shape index (κ3) is 3.06. The smallest absolute Gasteiger partial charge is 0.137 e. The number of para-hydroxylation sites is 3. The SMILES string of the molecule is c1ccc2c(c1)oc1cccc(-n3c4ccccc4c4ccc5c6ccccc6n(-c6cccc7sc8ccccc8c67)c5c43)c12. The van der Waals surface area contributed by atoms with Crippen LogP contribution in [0.15, 0.2) is 150 Å². The van der Waals surface area contributed by atoms with Crippen molar-refractivity contribution >= 4 is 97.1 Å². The normalized spacial score (nSPS) is 12.3. The van der Waals surface area contributed by atoms with E-state index in [2.05, 4.69) is 149 Å². The maximum atomic E-state index is 6.41. The largest absolute Gasteiger partial charge is 0.456 e. The van der Waals surface area contributed by atoms with Crippen LogP contribution in [-0.4, -0.2) is 9.13 Å². The average molecular weight is 605 g/mol. The third-order valence-electron chi connectivity index (χ3n) is 9.71. The molecule has 214 valence electrons. The maximum absolute atomic E-state index is 6.41. The van der Waals surface area contributed by atoms with Crippen LogP contribution in [0.2, 0.25) is 0 Å². The number of benzene rings is 7. The van der Waals surface area contributed by atoms with E-state index in [0.717, 1.165) is 27.6 Å². The first-order valence-corrected chi connectivity index (χ1v) is 16.4. The quantitative estimate of drug-likeness (QED) is 0.192. The minimum Gasteiger partial charge on any atom is -0.456 e. The van der Waals surface area contributed by atoms with Crippen molar-refractivity contribution in [1.29, 1.82) is 0 Å². The van der Waals surface area contributed by atoms with Gasteiger partial charge in [0.15, 0.2) is 0 Å². The predicted molar refractivity (Wildman–Crippen MR) is 195 cm³/mol. The Morgan fingerprint density at radius 1 is 0.370 bits per heavy atom. The first-order valence-electron chi connectivity index (χ1n) is 15.6. The van der Waals surface area contributed by atoms with E-state index in [1.165, 1.54) is 69.5 Å². The lowest BCUT2D eigenvalue weighted by Gasteiger charge is -2.14. The van der Waals surface area contributed by atoms with Crippen LogP contribution in [-0.2, 0) is 0 Å². The Bertz CT molecular complexity index is 2830. The summed E-state index contributed by atoms with van der Waals surface area (Å²) in [4.78, 5) is 0. The number of fused-ring (bicyclic) bond motifs is 13. The molecule has 4 heterocycles. The molecule has 0 radical (unpaired) electrons. The van der Waals surface area contributed by atoms with Crippen LogP contribution in [0.25, 0.3) is 97.1 Å². The molecule has 0 atom stereocenters. The van der Waals surface area contributed by atoms with Crippen LogP contribution in [0.3, 0.4) is 0 Å². The van der Waals surface area contributed by atoms with Crippen molar-refractivity contribution in [3.63, 3.8) is 0 Å². The van der Waals surface area contributed by atoms with Gasteiger partial charge in [0.25, 0.3) is 0 Å². The summed E-state index contributed by atoms with van der Waals surface area (Å²) in [6.07, 6.45) is 0. The van der Waals surface area contributed by atoms with Gasteiger partial charge < -0.3 is 13.6 Å². The summed E-state index contributed by atoms with van der Waals surface area (Å²) in [5.41, 5.74) is 8.92. The van der Waals surface area contributed by atoms with Gasteiger partial charge in [-0.2, -0.15) is 0 Å². The van der Waals surface area contributed by atoms with Crippen molar-refractivity contribution in [3.05, 3.63) is 146 Å². The highest BCUT2D eigenvalue weighted by Crippen LogP contribution is 2.46. The van der Waals surface area contributed by atoms with E-state index in [4.69, 9.17) is 4.42 Å². The zero-order chi connectivity index (χ0) is 29.9. The number of hydrogen-bond acceptors (Lipinski definition) is 2. The Hall–Kier alpha value is -5.84. The van der Waals surface area contributed by atoms with Gasteiger partial charge in [-0.15, -0.1) is 11.3 Å². The Labute approximate surface area is 266 Å². The number of nitrogens with zero attached hydrogens (tertiary/aromatic N) is 2. The zero-order valence-electron chi connectivity index (χ0n) is 24.6. The fraction of sp³-hybridized carbons (Fsp3) is 0. The monoisotopic (exact) mass is 604 g/mol. The highest BCUT2D eigenvalue weighted by Gasteiger charge is 2.24. The molecule has 0 N–H and O–H groups in total. The van der Waals surface area contributed by atoms with E-state index >= 15 is 0 Å².